The normalized spacial score (nSPS) is 11.1. The van der Waals surface area contributed by atoms with E-state index >= 15 is 0 Å². The number of benzene rings is 2. The number of nitrogens with two attached hydrogens (primary N) is 1. The number of hydrogen-bond donors (Lipinski definition) is 1. The highest BCUT2D eigenvalue weighted by molar-refractivity contribution is 5.79. The number of rotatable bonds is 2. The van der Waals surface area contributed by atoms with E-state index in [9.17, 15) is 8.78 Å². The monoisotopic (exact) mass is 259 g/mol. The summed E-state index contributed by atoms with van der Waals surface area (Å²) < 4.78 is 28.5. The van der Waals surface area contributed by atoms with E-state index in [-0.39, 0.29) is 12.1 Å². The summed E-state index contributed by atoms with van der Waals surface area (Å²) in [5.74, 6) is -0.885. The molecule has 3 aromatic rings. The van der Waals surface area contributed by atoms with Gasteiger partial charge < -0.3 is 10.3 Å². The van der Waals surface area contributed by atoms with Crippen LogP contribution in [-0.4, -0.2) is 9.55 Å². The van der Waals surface area contributed by atoms with Crippen LogP contribution in [0.25, 0.3) is 11.0 Å². The lowest BCUT2D eigenvalue weighted by Crippen LogP contribution is -2.01. The Kier molecular flexibility index (Phi) is 2.67. The number of halogens is 2. The first-order chi connectivity index (χ1) is 9.13. The summed E-state index contributed by atoms with van der Waals surface area (Å²) in [6, 6.07) is 8.73. The first-order valence-corrected chi connectivity index (χ1v) is 5.78. The lowest BCUT2D eigenvalue weighted by Gasteiger charge is -2.06. The molecule has 3 nitrogen and oxygen atoms in total. The van der Waals surface area contributed by atoms with Crippen LogP contribution < -0.4 is 5.73 Å². The standard InChI is InChI=1S/C14H11F2N3/c15-10-1-3-12(16)9(5-10)7-19-8-18-13-6-11(17)2-4-14(13)19/h1-6,8H,7,17H2. The van der Waals surface area contributed by atoms with Crippen molar-refractivity contribution in [1.82, 2.24) is 9.55 Å². The fourth-order valence-electron chi connectivity index (χ4n) is 2.05. The fourth-order valence-corrected chi connectivity index (χ4v) is 2.05. The molecule has 0 bridgehead atoms. The number of aromatic nitrogens is 2. The largest absolute Gasteiger partial charge is 0.399 e. The summed E-state index contributed by atoms with van der Waals surface area (Å²) in [6.07, 6.45) is 1.59. The van der Waals surface area contributed by atoms with Crippen LogP contribution in [0.2, 0.25) is 0 Å². The Morgan fingerprint density at radius 2 is 1.95 bits per heavy atom. The molecule has 0 unspecified atom stereocenters. The smallest absolute Gasteiger partial charge is 0.128 e. The van der Waals surface area contributed by atoms with Crippen LogP contribution in [0.15, 0.2) is 42.7 Å². The molecule has 1 aromatic heterocycles. The molecule has 0 fully saturated rings. The Labute approximate surface area is 108 Å². The van der Waals surface area contributed by atoms with Gasteiger partial charge in [-0.3, -0.25) is 0 Å². The van der Waals surface area contributed by atoms with Crippen molar-refractivity contribution in [3.63, 3.8) is 0 Å². The predicted octanol–water partition coefficient (Wildman–Crippen LogP) is 2.95. The van der Waals surface area contributed by atoms with Gasteiger partial charge in [0.25, 0.3) is 0 Å². The molecule has 3 rings (SSSR count). The van der Waals surface area contributed by atoms with Gasteiger partial charge in [-0.1, -0.05) is 0 Å². The second-order valence-corrected chi connectivity index (χ2v) is 4.36. The van der Waals surface area contributed by atoms with Crippen LogP contribution in [0.1, 0.15) is 5.56 Å². The number of imidazole rings is 1. The summed E-state index contributed by atoms with van der Waals surface area (Å²) in [6.45, 7) is 0.226. The van der Waals surface area contributed by atoms with Gasteiger partial charge >= 0.3 is 0 Å². The third-order valence-electron chi connectivity index (χ3n) is 2.99. The van der Waals surface area contributed by atoms with Crippen molar-refractivity contribution >= 4 is 16.7 Å². The highest BCUT2D eigenvalue weighted by Gasteiger charge is 2.08. The van der Waals surface area contributed by atoms with Crippen LogP contribution in [0.3, 0.4) is 0 Å². The van der Waals surface area contributed by atoms with E-state index in [0.717, 1.165) is 23.2 Å². The third kappa shape index (κ3) is 2.14. The van der Waals surface area contributed by atoms with Crippen molar-refractivity contribution in [3.05, 3.63) is 59.9 Å². The van der Waals surface area contributed by atoms with E-state index in [0.29, 0.717) is 5.69 Å². The number of anilines is 1. The Balaban J connectivity index is 2.03. The van der Waals surface area contributed by atoms with Gasteiger partial charge in [0.05, 0.1) is 23.9 Å². The zero-order valence-corrected chi connectivity index (χ0v) is 9.98. The molecular formula is C14H11F2N3. The molecule has 19 heavy (non-hydrogen) atoms. The molecule has 2 aromatic carbocycles. The van der Waals surface area contributed by atoms with E-state index < -0.39 is 11.6 Å². The summed E-state index contributed by atoms with van der Waals surface area (Å²) in [5, 5.41) is 0. The van der Waals surface area contributed by atoms with E-state index in [1.165, 1.54) is 6.07 Å². The maximum Gasteiger partial charge on any atom is 0.128 e. The molecule has 0 amide bonds. The molecule has 0 spiro atoms. The number of hydrogen-bond acceptors (Lipinski definition) is 2. The Bertz CT molecular complexity index is 750. The molecule has 0 radical (unpaired) electrons. The van der Waals surface area contributed by atoms with Gasteiger partial charge in [0.15, 0.2) is 0 Å². The van der Waals surface area contributed by atoms with Gasteiger partial charge in [-0.2, -0.15) is 0 Å². The molecule has 0 saturated carbocycles. The molecule has 5 heteroatoms. The first-order valence-electron chi connectivity index (χ1n) is 5.78. The summed E-state index contributed by atoms with van der Waals surface area (Å²) >= 11 is 0. The molecule has 0 saturated heterocycles. The van der Waals surface area contributed by atoms with Gasteiger partial charge in [-0.15, -0.1) is 0 Å². The molecule has 0 atom stereocenters. The molecular weight excluding hydrogens is 248 g/mol. The summed E-state index contributed by atoms with van der Waals surface area (Å²) in [7, 11) is 0. The van der Waals surface area contributed by atoms with Crippen molar-refractivity contribution in [1.29, 1.82) is 0 Å². The number of nitrogen functional groups attached to an aromatic ring is 1. The minimum atomic E-state index is -0.454. The molecule has 0 aliphatic carbocycles. The van der Waals surface area contributed by atoms with E-state index in [1.807, 2.05) is 6.07 Å². The second kappa shape index (κ2) is 4.35. The van der Waals surface area contributed by atoms with Gasteiger partial charge in [0.1, 0.15) is 11.6 Å². The van der Waals surface area contributed by atoms with Crippen molar-refractivity contribution < 1.29 is 8.78 Å². The van der Waals surface area contributed by atoms with Gasteiger partial charge in [0.2, 0.25) is 0 Å². The topological polar surface area (TPSA) is 43.8 Å². The van der Waals surface area contributed by atoms with Gasteiger partial charge in [0, 0.05) is 11.3 Å². The summed E-state index contributed by atoms with van der Waals surface area (Å²) in [5.41, 5.74) is 8.14. The Hall–Kier alpha value is -2.43. The zero-order valence-electron chi connectivity index (χ0n) is 9.98. The van der Waals surface area contributed by atoms with E-state index in [2.05, 4.69) is 4.98 Å². The van der Waals surface area contributed by atoms with Gasteiger partial charge in [-0.25, -0.2) is 13.8 Å². The molecule has 0 aliphatic rings. The average molecular weight is 259 g/mol. The van der Waals surface area contributed by atoms with E-state index in [4.69, 9.17) is 5.73 Å². The number of fused-ring (bicyclic) bond motifs is 1. The SMILES string of the molecule is Nc1ccc2c(c1)ncn2Cc1cc(F)ccc1F. The maximum absolute atomic E-state index is 13.6. The Morgan fingerprint density at radius 1 is 1.11 bits per heavy atom. The fraction of sp³-hybridized carbons (Fsp3) is 0.0714. The Morgan fingerprint density at radius 3 is 2.79 bits per heavy atom. The average Bonchev–Trinajstić information content (AvgIpc) is 2.76. The quantitative estimate of drug-likeness (QED) is 0.719. The van der Waals surface area contributed by atoms with Crippen LogP contribution in [0.5, 0.6) is 0 Å². The van der Waals surface area contributed by atoms with Crippen molar-refractivity contribution in [2.75, 3.05) is 5.73 Å². The highest BCUT2D eigenvalue weighted by atomic mass is 19.1. The predicted molar refractivity (Wildman–Crippen MR) is 69.6 cm³/mol. The van der Waals surface area contributed by atoms with Gasteiger partial charge in [-0.05, 0) is 36.4 Å². The molecule has 0 aliphatic heterocycles. The van der Waals surface area contributed by atoms with Crippen LogP contribution >= 0.6 is 0 Å². The minimum Gasteiger partial charge on any atom is -0.399 e. The second-order valence-electron chi connectivity index (χ2n) is 4.36. The third-order valence-corrected chi connectivity index (χ3v) is 2.99. The first kappa shape index (κ1) is 11.6. The minimum absolute atomic E-state index is 0.226. The molecule has 2 N–H and O–H groups in total. The van der Waals surface area contributed by atoms with Crippen LogP contribution in [-0.2, 0) is 6.54 Å². The van der Waals surface area contributed by atoms with Crippen molar-refractivity contribution in [2.45, 2.75) is 6.54 Å². The van der Waals surface area contributed by atoms with E-state index in [1.54, 1.807) is 23.0 Å². The lowest BCUT2D eigenvalue weighted by atomic mass is 10.2. The van der Waals surface area contributed by atoms with Crippen LogP contribution in [0, 0.1) is 11.6 Å². The number of nitrogens with zero attached hydrogens (tertiary/aromatic N) is 2. The molecule has 96 valence electrons. The zero-order chi connectivity index (χ0) is 13.4. The highest BCUT2D eigenvalue weighted by Crippen LogP contribution is 2.18. The van der Waals surface area contributed by atoms with Crippen molar-refractivity contribution in [2.24, 2.45) is 0 Å². The summed E-state index contributed by atoms with van der Waals surface area (Å²) in [4.78, 5) is 4.19. The van der Waals surface area contributed by atoms with Crippen LogP contribution in [0.4, 0.5) is 14.5 Å². The molecule has 1 heterocycles. The van der Waals surface area contributed by atoms with Crippen molar-refractivity contribution in [3.8, 4) is 0 Å². The maximum atomic E-state index is 13.6. The lowest BCUT2D eigenvalue weighted by molar-refractivity contribution is 0.578.